The maximum atomic E-state index is 12.9. The lowest BCUT2D eigenvalue weighted by atomic mass is 10.2. The number of benzene rings is 1. The van der Waals surface area contributed by atoms with Crippen LogP contribution in [0.25, 0.3) is 0 Å². The molecule has 0 aliphatic carbocycles. The van der Waals surface area contributed by atoms with Crippen molar-refractivity contribution in [2.45, 2.75) is 13.1 Å². The molecule has 0 atom stereocenters. The SMILES string of the molecule is O=C(O)Cn1ccc(C(=O)Nc2ccn(Cc3ccc(F)cc3)n2)n1. The summed E-state index contributed by atoms with van der Waals surface area (Å²) < 4.78 is 15.7. The number of anilines is 1. The molecule has 0 aliphatic heterocycles. The van der Waals surface area contributed by atoms with Crippen LogP contribution in [0.4, 0.5) is 10.2 Å². The molecule has 0 fully saturated rings. The summed E-state index contributed by atoms with van der Waals surface area (Å²) in [5, 5.41) is 19.4. The van der Waals surface area contributed by atoms with Gasteiger partial charge in [-0.05, 0) is 23.8 Å². The van der Waals surface area contributed by atoms with Crippen molar-refractivity contribution in [3.8, 4) is 0 Å². The summed E-state index contributed by atoms with van der Waals surface area (Å²) in [4.78, 5) is 22.7. The first-order valence-electron chi connectivity index (χ1n) is 7.34. The third-order valence-electron chi connectivity index (χ3n) is 3.31. The number of carbonyl (C=O) groups excluding carboxylic acids is 1. The molecule has 0 aliphatic rings. The van der Waals surface area contributed by atoms with Crippen LogP contribution >= 0.6 is 0 Å². The Labute approximate surface area is 141 Å². The van der Waals surface area contributed by atoms with Gasteiger partial charge in [-0.25, -0.2) is 4.39 Å². The first-order chi connectivity index (χ1) is 12.0. The van der Waals surface area contributed by atoms with Crippen LogP contribution in [-0.4, -0.2) is 36.5 Å². The van der Waals surface area contributed by atoms with Crippen molar-refractivity contribution in [1.82, 2.24) is 19.6 Å². The number of aromatic nitrogens is 4. The molecule has 2 N–H and O–H groups in total. The fourth-order valence-corrected chi connectivity index (χ4v) is 2.18. The first kappa shape index (κ1) is 16.4. The largest absolute Gasteiger partial charge is 0.480 e. The molecule has 0 spiro atoms. The Morgan fingerprint density at radius 2 is 1.76 bits per heavy atom. The van der Waals surface area contributed by atoms with Gasteiger partial charge in [0.1, 0.15) is 12.4 Å². The van der Waals surface area contributed by atoms with Gasteiger partial charge in [0.25, 0.3) is 5.91 Å². The zero-order chi connectivity index (χ0) is 17.8. The van der Waals surface area contributed by atoms with Gasteiger partial charge in [0.05, 0.1) is 6.54 Å². The van der Waals surface area contributed by atoms with Gasteiger partial charge < -0.3 is 10.4 Å². The van der Waals surface area contributed by atoms with Crippen LogP contribution in [0.1, 0.15) is 16.1 Å². The molecular formula is C16H14FN5O3. The third kappa shape index (κ3) is 4.28. The van der Waals surface area contributed by atoms with Crippen molar-refractivity contribution >= 4 is 17.7 Å². The molecule has 0 unspecified atom stereocenters. The fraction of sp³-hybridized carbons (Fsp3) is 0.125. The molecule has 2 heterocycles. The summed E-state index contributed by atoms with van der Waals surface area (Å²) in [6.45, 7) is 0.114. The normalized spacial score (nSPS) is 10.6. The van der Waals surface area contributed by atoms with Crippen LogP contribution < -0.4 is 5.32 Å². The highest BCUT2D eigenvalue weighted by Crippen LogP contribution is 2.09. The topological polar surface area (TPSA) is 102 Å². The Bertz CT molecular complexity index is 901. The lowest BCUT2D eigenvalue weighted by molar-refractivity contribution is -0.137. The number of aliphatic carboxylic acids is 1. The molecule has 0 saturated carbocycles. The maximum Gasteiger partial charge on any atom is 0.325 e. The quantitative estimate of drug-likeness (QED) is 0.708. The van der Waals surface area contributed by atoms with Crippen LogP contribution in [0, 0.1) is 5.82 Å². The fourth-order valence-electron chi connectivity index (χ4n) is 2.18. The average molecular weight is 343 g/mol. The van der Waals surface area contributed by atoms with Gasteiger partial charge in [-0.3, -0.25) is 19.0 Å². The minimum Gasteiger partial charge on any atom is -0.480 e. The summed E-state index contributed by atoms with van der Waals surface area (Å²) >= 11 is 0. The Kier molecular flexibility index (Phi) is 4.55. The van der Waals surface area contributed by atoms with Crippen molar-refractivity contribution in [3.63, 3.8) is 0 Å². The molecule has 1 aromatic carbocycles. The Hall–Kier alpha value is -3.49. The van der Waals surface area contributed by atoms with E-state index in [9.17, 15) is 14.0 Å². The van der Waals surface area contributed by atoms with E-state index in [1.807, 2.05) is 0 Å². The van der Waals surface area contributed by atoms with Crippen LogP contribution in [0.3, 0.4) is 0 Å². The van der Waals surface area contributed by atoms with E-state index in [2.05, 4.69) is 15.5 Å². The molecule has 25 heavy (non-hydrogen) atoms. The molecule has 3 rings (SSSR count). The van der Waals surface area contributed by atoms with Crippen molar-refractivity contribution in [2.24, 2.45) is 0 Å². The highest BCUT2D eigenvalue weighted by Gasteiger charge is 2.12. The van der Waals surface area contributed by atoms with Gasteiger partial charge in [0.15, 0.2) is 11.5 Å². The Morgan fingerprint density at radius 1 is 1.04 bits per heavy atom. The van der Waals surface area contributed by atoms with Crippen molar-refractivity contribution in [3.05, 3.63) is 65.9 Å². The Morgan fingerprint density at radius 3 is 2.48 bits per heavy atom. The van der Waals surface area contributed by atoms with E-state index in [-0.39, 0.29) is 18.1 Å². The number of nitrogens with zero attached hydrogens (tertiary/aromatic N) is 4. The van der Waals surface area contributed by atoms with Crippen LogP contribution in [0.5, 0.6) is 0 Å². The predicted octanol–water partition coefficient (Wildman–Crippen LogP) is 1.60. The average Bonchev–Trinajstić information content (AvgIpc) is 3.19. The molecule has 0 saturated heterocycles. The molecule has 8 nitrogen and oxygen atoms in total. The number of hydrogen-bond acceptors (Lipinski definition) is 4. The molecule has 2 aromatic heterocycles. The van der Waals surface area contributed by atoms with E-state index in [1.165, 1.54) is 24.4 Å². The number of carboxylic acid groups (broad SMARTS) is 1. The molecular weight excluding hydrogens is 329 g/mol. The second-order valence-electron chi connectivity index (χ2n) is 5.27. The zero-order valence-electron chi connectivity index (χ0n) is 13.0. The number of amides is 1. The predicted molar refractivity (Wildman–Crippen MR) is 85.5 cm³/mol. The van der Waals surface area contributed by atoms with Crippen LogP contribution in [0.2, 0.25) is 0 Å². The molecule has 1 amide bonds. The summed E-state index contributed by atoms with van der Waals surface area (Å²) in [6.07, 6.45) is 3.10. The standard InChI is InChI=1S/C16H14FN5O3/c17-12-3-1-11(2-4-12)9-21-8-6-14(20-21)18-16(25)13-5-7-22(19-13)10-15(23)24/h1-8H,9-10H2,(H,23,24)(H,18,20,25). The monoisotopic (exact) mass is 343 g/mol. The first-order valence-corrected chi connectivity index (χ1v) is 7.34. The van der Waals surface area contributed by atoms with E-state index in [1.54, 1.807) is 29.1 Å². The van der Waals surface area contributed by atoms with E-state index in [0.717, 1.165) is 10.2 Å². The van der Waals surface area contributed by atoms with Gasteiger partial charge >= 0.3 is 5.97 Å². The van der Waals surface area contributed by atoms with Gasteiger partial charge in [0.2, 0.25) is 0 Å². The summed E-state index contributed by atoms with van der Waals surface area (Å²) in [5.74, 6) is -1.51. The van der Waals surface area contributed by atoms with Crippen LogP contribution in [0.15, 0.2) is 48.8 Å². The number of rotatable bonds is 6. The Balaban J connectivity index is 1.62. The van der Waals surface area contributed by atoms with E-state index < -0.39 is 11.9 Å². The number of halogens is 1. The lowest BCUT2D eigenvalue weighted by Gasteiger charge is -2.02. The third-order valence-corrected chi connectivity index (χ3v) is 3.31. The molecule has 3 aromatic rings. The van der Waals surface area contributed by atoms with Gasteiger partial charge in [-0.1, -0.05) is 12.1 Å². The lowest BCUT2D eigenvalue weighted by Crippen LogP contribution is -2.15. The molecule has 0 bridgehead atoms. The van der Waals surface area contributed by atoms with Gasteiger partial charge in [0, 0.05) is 18.5 Å². The molecule has 0 radical (unpaired) electrons. The van der Waals surface area contributed by atoms with Crippen LogP contribution in [-0.2, 0) is 17.9 Å². The summed E-state index contributed by atoms with van der Waals surface area (Å²) in [7, 11) is 0. The van der Waals surface area contributed by atoms with E-state index in [0.29, 0.717) is 12.4 Å². The molecule has 9 heteroatoms. The highest BCUT2D eigenvalue weighted by molar-refractivity contribution is 6.02. The second kappa shape index (κ2) is 6.95. The number of carboxylic acids is 1. The van der Waals surface area contributed by atoms with Crippen molar-refractivity contribution < 1.29 is 19.1 Å². The van der Waals surface area contributed by atoms with Gasteiger partial charge in [-0.15, -0.1) is 0 Å². The maximum absolute atomic E-state index is 12.9. The van der Waals surface area contributed by atoms with Crippen molar-refractivity contribution in [1.29, 1.82) is 0 Å². The van der Waals surface area contributed by atoms with Crippen molar-refractivity contribution in [2.75, 3.05) is 5.32 Å². The number of hydrogen-bond donors (Lipinski definition) is 2. The van der Waals surface area contributed by atoms with E-state index >= 15 is 0 Å². The smallest absolute Gasteiger partial charge is 0.325 e. The van der Waals surface area contributed by atoms with Gasteiger partial charge in [-0.2, -0.15) is 10.2 Å². The second-order valence-corrected chi connectivity index (χ2v) is 5.27. The minimum atomic E-state index is -1.05. The highest BCUT2D eigenvalue weighted by atomic mass is 19.1. The zero-order valence-corrected chi connectivity index (χ0v) is 13.0. The van der Waals surface area contributed by atoms with E-state index in [4.69, 9.17) is 5.11 Å². The summed E-state index contributed by atoms with van der Waals surface area (Å²) in [5.41, 5.74) is 0.962. The minimum absolute atomic E-state index is 0.0920. The molecule has 128 valence electrons. The number of carbonyl (C=O) groups is 2. The number of nitrogens with one attached hydrogen (secondary N) is 1. The summed E-state index contributed by atoms with van der Waals surface area (Å²) in [6, 6.07) is 9.10.